The number of carbonyl (C=O) groups is 1. The molecule has 0 aromatic heterocycles. The first kappa shape index (κ1) is 10.3. The maximum Gasteiger partial charge on any atom is 0.225 e. The second-order valence-electron chi connectivity index (χ2n) is 3.88. The molecule has 2 nitrogen and oxygen atoms in total. The van der Waals surface area contributed by atoms with Gasteiger partial charge < -0.3 is 4.90 Å². The molecular formula is C11H19NO. The second-order valence-corrected chi connectivity index (χ2v) is 3.88. The van der Waals surface area contributed by atoms with Gasteiger partial charge in [0.25, 0.3) is 0 Å². The van der Waals surface area contributed by atoms with Crippen LogP contribution in [0.25, 0.3) is 0 Å². The van der Waals surface area contributed by atoms with Gasteiger partial charge in [0.05, 0.1) is 0 Å². The maximum atomic E-state index is 11.7. The van der Waals surface area contributed by atoms with Crippen molar-refractivity contribution in [3.63, 3.8) is 0 Å². The van der Waals surface area contributed by atoms with E-state index in [9.17, 15) is 4.79 Å². The zero-order chi connectivity index (χ0) is 9.68. The van der Waals surface area contributed by atoms with E-state index in [1.54, 1.807) is 0 Å². The first-order valence-electron chi connectivity index (χ1n) is 5.15. The number of nitrogens with zero attached hydrogens (tertiary/aromatic N) is 1. The summed E-state index contributed by atoms with van der Waals surface area (Å²) >= 11 is 0. The van der Waals surface area contributed by atoms with Crippen molar-refractivity contribution >= 4 is 5.91 Å². The van der Waals surface area contributed by atoms with Crippen molar-refractivity contribution in [1.29, 1.82) is 0 Å². The first-order valence-corrected chi connectivity index (χ1v) is 5.15. The molecule has 1 aliphatic heterocycles. The van der Waals surface area contributed by atoms with Gasteiger partial charge in [0.2, 0.25) is 5.91 Å². The van der Waals surface area contributed by atoms with Crippen LogP contribution in [0.5, 0.6) is 0 Å². The Bertz CT molecular complexity index is 196. The molecule has 1 amide bonds. The molecule has 0 N–H and O–H groups in total. The standard InChI is InChI=1S/C11H19NO/c1-10(2)11(13)12-8-6-4-3-5-7-9-12/h3-4,10H,5-9H2,1-2H3/b4-3-. The molecule has 1 rings (SSSR count). The number of hydrogen-bond donors (Lipinski definition) is 0. The Balaban J connectivity index is 2.48. The maximum absolute atomic E-state index is 11.7. The van der Waals surface area contributed by atoms with Crippen molar-refractivity contribution in [3.8, 4) is 0 Å². The molecule has 2 heteroatoms. The molecule has 0 atom stereocenters. The van der Waals surface area contributed by atoms with Gasteiger partial charge in [0.15, 0.2) is 0 Å². The van der Waals surface area contributed by atoms with Crippen LogP contribution in [0.1, 0.15) is 33.1 Å². The van der Waals surface area contributed by atoms with Crippen LogP contribution in [-0.4, -0.2) is 23.9 Å². The van der Waals surface area contributed by atoms with Crippen LogP contribution in [0.2, 0.25) is 0 Å². The Kier molecular flexibility index (Phi) is 4.00. The fraction of sp³-hybridized carbons (Fsp3) is 0.727. The van der Waals surface area contributed by atoms with E-state index in [0.29, 0.717) is 5.91 Å². The Morgan fingerprint density at radius 2 is 1.92 bits per heavy atom. The average Bonchev–Trinajstić information content (AvgIpc) is 2.02. The molecule has 0 spiro atoms. The van der Waals surface area contributed by atoms with E-state index in [1.807, 2.05) is 18.7 Å². The molecule has 0 radical (unpaired) electrons. The third-order valence-electron chi connectivity index (χ3n) is 2.34. The quantitative estimate of drug-likeness (QED) is 0.568. The summed E-state index contributed by atoms with van der Waals surface area (Å²) in [6, 6.07) is 0. The van der Waals surface area contributed by atoms with Crippen molar-refractivity contribution in [2.75, 3.05) is 13.1 Å². The Hall–Kier alpha value is -0.790. The minimum atomic E-state index is 0.142. The third-order valence-corrected chi connectivity index (χ3v) is 2.34. The van der Waals surface area contributed by atoms with Crippen molar-refractivity contribution in [2.24, 2.45) is 5.92 Å². The van der Waals surface area contributed by atoms with Crippen molar-refractivity contribution < 1.29 is 4.79 Å². The molecule has 0 bridgehead atoms. The van der Waals surface area contributed by atoms with Crippen LogP contribution in [-0.2, 0) is 4.79 Å². The van der Waals surface area contributed by atoms with E-state index < -0.39 is 0 Å². The predicted octanol–water partition coefficient (Wildman–Crippen LogP) is 2.21. The molecule has 74 valence electrons. The highest BCUT2D eigenvalue weighted by atomic mass is 16.2. The summed E-state index contributed by atoms with van der Waals surface area (Å²) in [5.74, 6) is 0.443. The fourth-order valence-electron chi connectivity index (χ4n) is 1.56. The fourth-order valence-corrected chi connectivity index (χ4v) is 1.56. The van der Waals surface area contributed by atoms with Crippen LogP contribution in [0.15, 0.2) is 12.2 Å². The van der Waals surface area contributed by atoms with Gasteiger partial charge in [-0.05, 0) is 19.3 Å². The summed E-state index contributed by atoms with van der Waals surface area (Å²) in [5.41, 5.74) is 0. The molecule has 0 aromatic rings. The molecule has 0 aliphatic carbocycles. The van der Waals surface area contributed by atoms with Gasteiger partial charge in [-0.3, -0.25) is 4.79 Å². The van der Waals surface area contributed by atoms with Crippen LogP contribution in [0.4, 0.5) is 0 Å². The number of allylic oxidation sites excluding steroid dienone is 1. The molecule has 1 aliphatic rings. The van der Waals surface area contributed by atoms with Gasteiger partial charge in [-0.2, -0.15) is 0 Å². The van der Waals surface area contributed by atoms with Crippen LogP contribution >= 0.6 is 0 Å². The molecule has 13 heavy (non-hydrogen) atoms. The summed E-state index contributed by atoms with van der Waals surface area (Å²) in [7, 11) is 0. The highest BCUT2D eigenvalue weighted by molar-refractivity contribution is 5.78. The number of amides is 1. The molecule has 0 fully saturated rings. The number of rotatable bonds is 1. The highest BCUT2D eigenvalue weighted by Gasteiger charge is 2.15. The zero-order valence-electron chi connectivity index (χ0n) is 8.62. The van der Waals surface area contributed by atoms with E-state index in [4.69, 9.17) is 0 Å². The van der Waals surface area contributed by atoms with Gasteiger partial charge in [0, 0.05) is 19.0 Å². The van der Waals surface area contributed by atoms with Gasteiger partial charge in [0.1, 0.15) is 0 Å². The van der Waals surface area contributed by atoms with Crippen molar-refractivity contribution in [1.82, 2.24) is 4.90 Å². The minimum absolute atomic E-state index is 0.142. The number of carbonyl (C=O) groups excluding carboxylic acids is 1. The summed E-state index contributed by atoms with van der Waals surface area (Å²) in [4.78, 5) is 13.7. The monoisotopic (exact) mass is 181 g/mol. The first-order chi connectivity index (χ1) is 6.22. The largest absolute Gasteiger partial charge is 0.342 e. The summed E-state index contributed by atoms with van der Waals surface area (Å²) in [6.07, 6.45) is 7.63. The van der Waals surface area contributed by atoms with Crippen molar-refractivity contribution in [2.45, 2.75) is 33.1 Å². The molecule has 1 heterocycles. The third kappa shape index (κ3) is 3.21. The predicted molar refractivity (Wildman–Crippen MR) is 54.4 cm³/mol. The lowest BCUT2D eigenvalue weighted by Gasteiger charge is -2.24. The van der Waals surface area contributed by atoms with Gasteiger partial charge in [-0.1, -0.05) is 26.0 Å². The molecule has 0 unspecified atom stereocenters. The molecule has 0 saturated carbocycles. The Morgan fingerprint density at radius 1 is 1.23 bits per heavy atom. The topological polar surface area (TPSA) is 20.3 Å². The van der Waals surface area contributed by atoms with Crippen LogP contribution in [0, 0.1) is 5.92 Å². The minimum Gasteiger partial charge on any atom is -0.342 e. The van der Waals surface area contributed by atoms with E-state index in [-0.39, 0.29) is 5.92 Å². The SMILES string of the molecule is CC(C)C(=O)N1CC/C=C\CCC1. The Labute approximate surface area is 80.6 Å². The summed E-state index contributed by atoms with van der Waals surface area (Å²) in [6.45, 7) is 5.77. The lowest BCUT2D eigenvalue weighted by atomic mass is 10.1. The van der Waals surface area contributed by atoms with Crippen LogP contribution < -0.4 is 0 Å². The zero-order valence-corrected chi connectivity index (χ0v) is 8.62. The molecular weight excluding hydrogens is 162 g/mol. The van der Waals surface area contributed by atoms with E-state index in [0.717, 1.165) is 32.4 Å². The van der Waals surface area contributed by atoms with Gasteiger partial charge in [-0.25, -0.2) is 0 Å². The smallest absolute Gasteiger partial charge is 0.225 e. The van der Waals surface area contributed by atoms with Crippen LogP contribution in [0.3, 0.4) is 0 Å². The lowest BCUT2D eigenvalue weighted by Crippen LogP contribution is -2.36. The lowest BCUT2D eigenvalue weighted by molar-refractivity contribution is -0.134. The highest BCUT2D eigenvalue weighted by Crippen LogP contribution is 2.08. The summed E-state index contributed by atoms with van der Waals surface area (Å²) < 4.78 is 0. The molecule has 0 aromatic carbocycles. The summed E-state index contributed by atoms with van der Waals surface area (Å²) in [5, 5.41) is 0. The Morgan fingerprint density at radius 3 is 2.62 bits per heavy atom. The second kappa shape index (κ2) is 5.05. The van der Waals surface area contributed by atoms with E-state index in [1.165, 1.54) is 0 Å². The van der Waals surface area contributed by atoms with Gasteiger partial charge >= 0.3 is 0 Å². The van der Waals surface area contributed by atoms with E-state index in [2.05, 4.69) is 12.2 Å². The normalized spacial score (nSPS) is 21.0. The van der Waals surface area contributed by atoms with Gasteiger partial charge in [-0.15, -0.1) is 0 Å². The number of hydrogen-bond acceptors (Lipinski definition) is 1. The molecule has 0 saturated heterocycles. The van der Waals surface area contributed by atoms with Crippen molar-refractivity contribution in [3.05, 3.63) is 12.2 Å². The average molecular weight is 181 g/mol. The van der Waals surface area contributed by atoms with E-state index >= 15 is 0 Å².